The molecular formula is C57H35N7. The van der Waals surface area contributed by atoms with E-state index in [1.165, 1.54) is 16.2 Å². The summed E-state index contributed by atoms with van der Waals surface area (Å²) in [5.41, 5.74) is 12.0. The third kappa shape index (κ3) is 5.79. The van der Waals surface area contributed by atoms with Gasteiger partial charge in [0.1, 0.15) is 0 Å². The zero-order chi connectivity index (χ0) is 42.1. The maximum Gasteiger partial charge on any atom is 0.238 e. The highest BCUT2D eigenvalue weighted by atomic mass is 15.2. The number of fused-ring (bicyclic) bond motifs is 3. The minimum absolute atomic E-state index is 0.565. The first-order chi connectivity index (χ1) is 31.7. The monoisotopic (exact) mass is 817 g/mol. The highest BCUT2D eigenvalue weighted by Crippen LogP contribution is 2.42. The summed E-state index contributed by atoms with van der Waals surface area (Å²) >= 11 is 0. The van der Waals surface area contributed by atoms with Crippen molar-refractivity contribution in [3.63, 3.8) is 0 Å². The van der Waals surface area contributed by atoms with Crippen LogP contribution in [0.25, 0.3) is 123 Å². The van der Waals surface area contributed by atoms with Crippen LogP contribution in [0.4, 0.5) is 0 Å². The Kier molecular flexibility index (Phi) is 8.08. The smallest absolute Gasteiger partial charge is 0.238 e. The molecule has 0 atom stereocenters. The molecule has 0 aliphatic heterocycles. The van der Waals surface area contributed by atoms with Crippen molar-refractivity contribution < 1.29 is 0 Å². The van der Waals surface area contributed by atoms with E-state index in [1.807, 2.05) is 72.8 Å². The summed E-state index contributed by atoms with van der Waals surface area (Å²) in [6.45, 7) is 0. The zero-order valence-electron chi connectivity index (χ0n) is 34.3. The van der Waals surface area contributed by atoms with Crippen molar-refractivity contribution in [3.8, 4) is 68.3 Å². The first-order valence-corrected chi connectivity index (χ1v) is 21.4. The van der Waals surface area contributed by atoms with Gasteiger partial charge >= 0.3 is 0 Å². The minimum Gasteiger partial charge on any atom is -0.278 e. The van der Waals surface area contributed by atoms with Crippen LogP contribution in [0.3, 0.4) is 0 Å². The van der Waals surface area contributed by atoms with E-state index in [0.717, 1.165) is 83.0 Å². The van der Waals surface area contributed by atoms with E-state index < -0.39 is 0 Å². The number of aromatic nitrogens is 7. The summed E-state index contributed by atoms with van der Waals surface area (Å²) in [7, 11) is 0. The Hall–Kier alpha value is -8.81. The van der Waals surface area contributed by atoms with Gasteiger partial charge in [-0.15, -0.1) is 0 Å². The predicted octanol–water partition coefficient (Wildman–Crippen LogP) is 13.8. The van der Waals surface area contributed by atoms with Crippen molar-refractivity contribution >= 4 is 54.4 Å². The Morgan fingerprint density at radius 3 is 1.44 bits per heavy atom. The van der Waals surface area contributed by atoms with Crippen LogP contribution >= 0.6 is 0 Å². The van der Waals surface area contributed by atoms with Gasteiger partial charge in [-0.2, -0.15) is 9.97 Å². The first-order valence-electron chi connectivity index (χ1n) is 21.4. The number of hydrogen-bond donors (Lipinski definition) is 0. The molecule has 0 spiro atoms. The quantitative estimate of drug-likeness (QED) is 0.150. The predicted molar refractivity (Wildman–Crippen MR) is 260 cm³/mol. The van der Waals surface area contributed by atoms with Crippen molar-refractivity contribution in [1.82, 2.24) is 34.1 Å². The molecule has 0 fully saturated rings. The molecule has 0 amide bonds. The lowest BCUT2D eigenvalue weighted by atomic mass is 9.96. The number of hydrogen-bond acceptors (Lipinski definition) is 5. The van der Waals surface area contributed by atoms with Crippen molar-refractivity contribution in [1.29, 1.82) is 0 Å². The Morgan fingerprint density at radius 2 is 0.781 bits per heavy atom. The summed E-state index contributed by atoms with van der Waals surface area (Å²) in [5, 5.41) is 6.96. The van der Waals surface area contributed by atoms with Gasteiger partial charge in [-0.25, -0.2) is 15.0 Å². The molecule has 0 saturated heterocycles. The van der Waals surface area contributed by atoms with Gasteiger partial charge in [-0.05, 0) is 64.4 Å². The summed E-state index contributed by atoms with van der Waals surface area (Å²) in [5.74, 6) is 2.43. The van der Waals surface area contributed by atoms with Gasteiger partial charge in [0, 0.05) is 43.8 Å². The van der Waals surface area contributed by atoms with Crippen LogP contribution in [0.1, 0.15) is 0 Å². The molecule has 0 N–H and O–H groups in total. The molecule has 7 heteroatoms. The first kappa shape index (κ1) is 35.9. The zero-order valence-corrected chi connectivity index (χ0v) is 34.3. The van der Waals surface area contributed by atoms with Crippen LogP contribution in [0, 0.1) is 0 Å². The molecule has 9 aromatic carbocycles. The van der Waals surface area contributed by atoms with Gasteiger partial charge in [0.15, 0.2) is 11.6 Å². The molecule has 13 aromatic rings. The summed E-state index contributed by atoms with van der Waals surface area (Å²) in [6.07, 6.45) is 0. The Balaban J connectivity index is 1.03. The Bertz CT molecular complexity index is 3760. The fourth-order valence-electron chi connectivity index (χ4n) is 9.39. The topological polar surface area (TPSA) is 74.3 Å². The molecule has 7 nitrogen and oxygen atoms in total. The van der Waals surface area contributed by atoms with E-state index in [9.17, 15) is 0 Å². The van der Waals surface area contributed by atoms with E-state index in [1.54, 1.807) is 0 Å². The van der Waals surface area contributed by atoms with Gasteiger partial charge in [-0.3, -0.25) is 9.13 Å². The van der Waals surface area contributed by atoms with Crippen LogP contribution in [0.15, 0.2) is 212 Å². The molecule has 0 saturated carbocycles. The second kappa shape index (κ2) is 14.4. The van der Waals surface area contributed by atoms with Crippen LogP contribution < -0.4 is 0 Å². The number of benzene rings is 9. The summed E-state index contributed by atoms with van der Waals surface area (Å²) < 4.78 is 4.43. The highest BCUT2D eigenvalue weighted by molar-refractivity contribution is 6.25. The van der Waals surface area contributed by atoms with Crippen molar-refractivity contribution in [2.75, 3.05) is 0 Å². The molecule has 0 radical (unpaired) electrons. The largest absolute Gasteiger partial charge is 0.278 e. The van der Waals surface area contributed by atoms with Crippen molar-refractivity contribution in [2.45, 2.75) is 0 Å². The molecule has 0 bridgehead atoms. The summed E-state index contributed by atoms with van der Waals surface area (Å²) in [4.78, 5) is 25.9. The molecule has 13 rings (SSSR count). The van der Waals surface area contributed by atoms with Crippen LogP contribution in [-0.2, 0) is 0 Å². The van der Waals surface area contributed by atoms with Crippen molar-refractivity contribution in [2.24, 2.45) is 0 Å². The lowest BCUT2D eigenvalue weighted by Gasteiger charge is -2.12. The summed E-state index contributed by atoms with van der Waals surface area (Å²) in [6, 6.07) is 73.9. The molecule has 0 aliphatic rings. The van der Waals surface area contributed by atoms with E-state index in [-0.39, 0.29) is 0 Å². The third-order valence-electron chi connectivity index (χ3n) is 12.3. The van der Waals surface area contributed by atoms with E-state index in [0.29, 0.717) is 23.5 Å². The molecular weight excluding hydrogens is 783 g/mol. The Morgan fingerprint density at radius 1 is 0.266 bits per heavy atom. The fourth-order valence-corrected chi connectivity index (χ4v) is 9.39. The van der Waals surface area contributed by atoms with Gasteiger partial charge in [0.25, 0.3) is 0 Å². The van der Waals surface area contributed by atoms with Crippen LogP contribution in [0.2, 0.25) is 0 Å². The number of rotatable bonds is 7. The number of para-hydroxylation sites is 1. The van der Waals surface area contributed by atoms with Gasteiger partial charge in [-0.1, -0.05) is 170 Å². The van der Waals surface area contributed by atoms with Crippen LogP contribution in [0.5, 0.6) is 0 Å². The standard InChI is InChI=1S/C57H35N7/c1-5-16-36(17-6-1)46-35-47(37-18-7-2-8-19-37)59-56(58-46)64-50-27-15-24-38-28-29-42-32-43(34-51(64)53(42)52(38)50)41-30-31-49-45(33-41)44-25-13-14-26-48(44)63(49)57-61-54(39-20-9-3-10-21-39)60-55(62-57)40-22-11-4-12-23-40/h1-35H. The second-order valence-corrected chi connectivity index (χ2v) is 16.1. The van der Waals surface area contributed by atoms with Gasteiger partial charge in [0.2, 0.25) is 11.9 Å². The second-order valence-electron chi connectivity index (χ2n) is 16.1. The van der Waals surface area contributed by atoms with Crippen molar-refractivity contribution in [3.05, 3.63) is 212 Å². The maximum atomic E-state index is 5.32. The maximum absolute atomic E-state index is 5.32. The minimum atomic E-state index is 0.565. The van der Waals surface area contributed by atoms with E-state index in [4.69, 9.17) is 24.9 Å². The third-order valence-corrected chi connectivity index (χ3v) is 12.3. The highest BCUT2D eigenvalue weighted by Gasteiger charge is 2.22. The lowest BCUT2D eigenvalue weighted by Crippen LogP contribution is -2.06. The van der Waals surface area contributed by atoms with Gasteiger partial charge < -0.3 is 0 Å². The SMILES string of the molecule is c1ccc(-c2cc(-c3ccccc3)nc(-n3c4cccc5ccc6cc(-c7ccc8c(c7)c7ccccc7n8-c7nc(-c8ccccc8)nc(-c8ccccc8)n7)cc3c6c54)n2)cc1. The lowest BCUT2D eigenvalue weighted by molar-refractivity contribution is 0.953. The molecule has 4 aromatic heterocycles. The average molecular weight is 818 g/mol. The van der Waals surface area contributed by atoms with E-state index in [2.05, 4.69) is 149 Å². The number of nitrogens with zero attached hydrogens (tertiary/aromatic N) is 7. The molecule has 0 unspecified atom stereocenters. The van der Waals surface area contributed by atoms with Gasteiger partial charge in [0.05, 0.1) is 33.5 Å². The average Bonchev–Trinajstić information content (AvgIpc) is 3.90. The Labute approximate surface area is 367 Å². The van der Waals surface area contributed by atoms with Crippen LogP contribution in [-0.4, -0.2) is 34.1 Å². The molecule has 298 valence electrons. The van der Waals surface area contributed by atoms with E-state index >= 15 is 0 Å². The molecule has 4 heterocycles. The normalized spacial score (nSPS) is 11.8. The molecule has 64 heavy (non-hydrogen) atoms. The molecule has 0 aliphatic carbocycles. The fraction of sp³-hybridized carbons (Fsp3) is 0.